The molecule has 17 heavy (non-hydrogen) atoms. The Balaban J connectivity index is 2.33. The van der Waals surface area contributed by atoms with Crippen molar-refractivity contribution < 1.29 is 14.3 Å². The summed E-state index contributed by atoms with van der Waals surface area (Å²) < 4.78 is 10.5. The number of hydrogen-bond acceptors (Lipinski definition) is 4. The third-order valence-electron chi connectivity index (χ3n) is 2.19. The van der Waals surface area contributed by atoms with E-state index >= 15 is 0 Å². The number of nitrogens with two attached hydrogens (primary N) is 1. The molecule has 0 aliphatic heterocycles. The number of hydrogen-bond donors (Lipinski definition) is 2. The smallest absolute Gasteiger partial charge is 0.265 e. The van der Waals surface area contributed by atoms with Gasteiger partial charge in [0.05, 0.1) is 19.8 Å². The molecule has 0 heterocycles. The maximum atomic E-state index is 11.2. The van der Waals surface area contributed by atoms with Crippen LogP contribution in [0.1, 0.15) is 22.8 Å². The van der Waals surface area contributed by atoms with Gasteiger partial charge in [-0.3, -0.25) is 10.2 Å². The number of carbonyl (C=O) groups excluding carboxylic acids is 1. The molecule has 5 heteroatoms. The summed E-state index contributed by atoms with van der Waals surface area (Å²) in [4.78, 5) is 11.2. The zero-order valence-electron chi connectivity index (χ0n) is 9.94. The van der Waals surface area contributed by atoms with Crippen molar-refractivity contribution >= 4 is 5.91 Å². The highest BCUT2D eigenvalue weighted by molar-refractivity contribution is 5.93. The first-order chi connectivity index (χ1) is 8.27. The number of hydrazine groups is 1. The second-order valence-electron chi connectivity index (χ2n) is 3.42. The quantitative estimate of drug-likeness (QED) is 0.319. The molecule has 1 rings (SSSR count). The van der Waals surface area contributed by atoms with Gasteiger partial charge in [0, 0.05) is 12.2 Å². The van der Waals surface area contributed by atoms with Crippen LogP contribution in [0.2, 0.25) is 0 Å². The van der Waals surface area contributed by atoms with E-state index in [1.807, 2.05) is 19.1 Å². The lowest BCUT2D eigenvalue weighted by Crippen LogP contribution is -2.29. The Labute approximate surface area is 101 Å². The Bertz CT molecular complexity index is 338. The summed E-state index contributed by atoms with van der Waals surface area (Å²) in [5, 5.41) is 0. The fraction of sp³-hybridized carbons (Fsp3) is 0.417. The van der Waals surface area contributed by atoms with E-state index in [2.05, 4.69) is 5.43 Å². The van der Waals surface area contributed by atoms with Crippen LogP contribution < -0.4 is 11.3 Å². The Kier molecular flexibility index (Phi) is 6.24. The fourth-order valence-electron chi connectivity index (χ4n) is 1.29. The maximum absolute atomic E-state index is 11.2. The van der Waals surface area contributed by atoms with Crippen LogP contribution in [-0.4, -0.2) is 25.7 Å². The van der Waals surface area contributed by atoms with Gasteiger partial charge in [-0.25, -0.2) is 5.84 Å². The lowest BCUT2D eigenvalue weighted by atomic mass is 10.1. The minimum atomic E-state index is -0.297. The molecule has 5 nitrogen and oxygen atoms in total. The summed E-state index contributed by atoms with van der Waals surface area (Å²) in [6, 6.07) is 7.10. The molecule has 0 bridgehead atoms. The first-order valence-electron chi connectivity index (χ1n) is 5.53. The zero-order valence-corrected chi connectivity index (χ0v) is 9.94. The highest BCUT2D eigenvalue weighted by Gasteiger charge is 2.02. The molecule has 0 spiro atoms. The van der Waals surface area contributed by atoms with Gasteiger partial charge in [0.2, 0.25) is 0 Å². The van der Waals surface area contributed by atoms with Crippen molar-refractivity contribution in [1.29, 1.82) is 0 Å². The maximum Gasteiger partial charge on any atom is 0.265 e. The normalized spacial score (nSPS) is 10.2. The highest BCUT2D eigenvalue weighted by atomic mass is 16.5. The molecule has 1 amide bonds. The standard InChI is InChI=1S/C12H18N2O3/c1-2-16-7-8-17-9-10-3-5-11(6-4-10)12(15)14-13/h3-6H,2,7-9,13H2,1H3,(H,14,15). The van der Waals surface area contributed by atoms with Gasteiger partial charge < -0.3 is 9.47 Å². The van der Waals surface area contributed by atoms with Crippen molar-refractivity contribution in [1.82, 2.24) is 5.43 Å². The number of rotatable bonds is 7. The van der Waals surface area contributed by atoms with E-state index in [9.17, 15) is 4.79 Å². The molecule has 0 saturated heterocycles. The van der Waals surface area contributed by atoms with Crippen molar-refractivity contribution in [2.24, 2.45) is 5.84 Å². The van der Waals surface area contributed by atoms with Crippen molar-refractivity contribution in [2.75, 3.05) is 19.8 Å². The van der Waals surface area contributed by atoms with E-state index in [1.165, 1.54) is 0 Å². The first kappa shape index (κ1) is 13.6. The molecular formula is C12H18N2O3. The third-order valence-corrected chi connectivity index (χ3v) is 2.19. The summed E-state index contributed by atoms with van der Waals surface area (Å²) in [6.07, 6.45) is 0. The van der Waals surface area contributed by atoms with Gasteiger partial charge in [-0.1, -0.05) is 12.1 Å². The zero-order chi connectivity index (χ0) is 12.5. The van der Waals surface area contributed by atoms with Crippen molar-refractivity contribution in [3.05, 3.63) is 35.4 Å². The van der Waals surface area contributed by atoms with Gasteiger partial charge in [0.25, 0.3) is 5.91 Å². The minimum Gasteiger partial charge on any atom is -0.379 e. The fourth-order valence-corrected chi connectivity index (χ4v) is 1.29. The number of amides is 1. The van der Waals surface area contributed by atoms with Gasteiger partial charge in [0.1, 0.15) is 0 Å². The molecule has 0 radical (unpaired) electrons. The van der Waals surface area contributed by atoms with Crippen LogP contribution in [0.5, 0.6) is 0 Å². The lowest BCUT2D eigenvalue weighted by molar-refractivity contribution is 0.0453. The topological polar surface area (TPSA) is 73.6 Å². The first-order valence-corrected chi connectivity index (χ1v) is 5.53. The van der Waals surface area contributed by atoms with E-state index in [0.717, 1.165) is 5.56 Å². The Morgan fingerprint density at radius 2 is 1.88 bits per heavy atom. The summed E-state index contributed by atoms with van der Waals surface area (Å²) >= 11 is 0. The van der Waals surface area contributed by atoms with Crippen LogP contribution in [0.15, 0.2) is 24.3 Å². The summed E-state index contributed by atoms with van der Waals surface area (Å²) in [7, 11) is 0. The monoisotopic (exact) mass is 238 g/mol. The second kappa shape index (κ2) is 7.78. The van der Waals surface area contributed by atoms with Gasteiger partial charge in [-0.2, -0.15) is 0 Å². The molecule has 0 atom stereocenters. The van der Waals surface area contributed by atoms with Gasteiger partial charge in [-0.15, -0.1) is 0 Å². The molecule has 3 N–H and O–H groups in total. The number of benzene rings is 1. The average molecular weight is 238 g/mol. The highest BCUT2D eigenvalue weighted by Crippen LogP contribution is 2.05. The van der Waals surface area contributed by atoms with Crippen LogP contribution in [0.3, 0.4) is 0 Å². The molecule has 1 aromatic rings. The van der Waals surface area contributed by atoms with E-state index in [1.54, 1.807) is 12.1 Å². The molecule has 0 aromatic heterocycles. The van der Waals surface area contributed by atoms with Gasteiger partial charge in [0.15, 0.2) is 0 Å². The average Bonchev–Trinajstić information content (AvgIpc) is 2.38. The van der Waals surface area contributed by atoms with Crippen LogP contribution in [0, 0.1) is 0 Å². The molecule has 0 fully saturated rings. The Hall–Kier alpha value is -1.43. The van der Waals surface area contributed by atoms with Gasteiger partial charge in [-0.05, 0) is 24.6 Å². The van der Waals surface area contributed by atoms with Crippen molar-refractivity contribution in [3.63, 3.8) is 0 Å². The van der Waals surface area contributed by atoms with E-state index < -0.39 is 0 Å². The third kappa shape index (κ3) is 4.95. The van der Waals surface area contributed by atoms with Crippen LogP contribution in [-0.2, 0) is 16.1 Å². The summed E-state index contributed by atoms with van der Waals surface area (Å²) in [6.45, 7) is 4.33. The van der Waals surface area contributed by atoms with E-state index in [0.29, 0.717) is 32.0 Å². The number of ether oxygens (including phenoxy) is 2. The van der Waals surface area contributed by atoms with Crippen molar-refractivity contribution in [2.45, 2.75) is 13.5 Å². The van der Waals surface area contributed by atoms with Crippen LogP contribution in [0.4, 0.5) is 0 Å². The SMILES string of the molecule is CCOCCOCc1ccc(C(=O)NN)cc1. The molecule has 1 aromatic carbocycles. The largest absolute Gasteiger partial charge is 0.379 e. The van der Waals surface area contributed by atoms with E-state index in [-0.39, 0.29) is 5.91 Å². The second-order valence-corrected chi connectivity index (χ2v) is 3.42. The molecule has 0 unspecified atom stereocenters. The number of carbonyl (C=O) groups is 1. The summed E-state index contributed by atoms with van der Waals surface area (Å²) in [5.41, 5.74) is 3.62. The molecule has 0 saturated carbocycles. The number of nitrogen functional groups attached to an aromatic ring is 1. The number of nitrogens with one attached hydrogen (secondary N) is 1. The molecule has 0 aliphatic rings. The van der Waals surface area contributed by atoms with Crippen LogP contribution >= 0.6 is 0 Å². The predicted octanol–water partition coefficient (Wildman–Crippen LogP) is 0.843. The van der Waals surface area contributed by atoms with E-state index in [4.69, 9.17) is 15.3 Å². The van der Waals surface area contributed by atoms with Gasteiger partial charge >= 0.3 is 0 Å². The molecular weight excluding hydrogens is 220 g/mol. The van der Waals surface area contributed by atoms with Crippen LogP contribution in [0.25, 0.3) is 0 Å². The summed E-state index contributed by atoms with van der Waals surface area (Å²) in [5.74, 6) is 4.73. The molecule has 94 valence electrons. The predicted molar refractivity (Wildman–Crippen MR) is 64.2 cm³/mol. The Morgan fingerprint density at radius 1 is 1.24 bits per heavy atom. The lowest BCUT2D eigenvalue weighted by Gasteiger charge is -2.05. The molecule has 0 aliphatic carbocycles. The minimum absolute atomic E-state index is 0.297. The Morgan fingerprint density at radius 3 is 2.47 bits per heavy atom. The van der Waals surface area contributed by atoms with Crippen molar-refractivity contribution in [3.8, 4) is 0 Å².